The summed E-state index contributed by atoms with van der Waals surface area (Å²) in [4.78, 5) is 0. The van der Waals surface area contributed by atoms with Gasteiger partial charge in [0.1, 0.15) is 12.4 Å². The summed E-state index contributed by atoms with van der Waals surface area (Å²) in [5.74, 6) is 0.743. The molecule has 0 aliphatic rings. The number of aromatic amines is 1. The molecule has 2 atom stereocenters. The van der Waals surface area contributed by atoms with E-state index in [1.54, 1.807) is 24.3 Å². The molecule has 0 bridgehead atoms. The Kier molecular flexibility index (Phi) is 9.33. The Bertz CT molecular complexity index is 1120. The van der Waals surface area contributed by atoms with Gasteiger partial charge in [-0.15, -0.1) is 12.4 Å². The molecule has 8 nitrogen and oxygen atoms in total. The second kappa shape index (κ2) is 11.5. The molecule has 32 heavy (non-hydrogen) atoms. The summed E-state index contributed by atoms with van der Waals surface area (Å²) in [5, 5.41) is 22.5. The quantitative estimate of drug-likeness (QED) is 0.311. The van der Waals surface area contributed by atoms with Gasteiger partial charge >= 0.3 is 0 Å². The van der Waals surface area contributed by atoms with E-state index in [1.165, 1.54) is 0 Å². The van der Waals surface area contributed by atoms with Crippen LogP contribution in [0.1, 0.15) is 37.1 Å². The summed E-state index contributed by atoms with van der Waals surface area (Å²) in [6.45, 7) is 5.03. The average Bonchev–Trinajstić information content (AvgIpc) is 3.09. The molecule has 3 aromatic rings. The van der Waals surface area contributed by atoms with Gasteiger partial charge in [0, 0.05) is 35.4 Å². The maximum absolute atomic E-state index is 11.5. The van der Waals surface area contributed by atoms with Gasteiger partial charge in [-0.05, 0) is 43.2 Å². The Balaban J connectivity index is 0.00000363. The number of rotatable bonds is 11. The number of hydrogen-bond acceptors (Lipinski definition) is 6. The summed E-state index contributed by atoms with van der Waals surface area (Å²) < 4.78 is 31.2. The fourth-order valence-corrected chi connectivity index (χ4v) is 4.10. The molecule has 0 aliphatic heterocycles. The molecule has 3 rings (SSSR count). The van der Waals surface area contributed by atoms with Crippen LogP contribution in [0.15, 0.2) is 42.5 Å². The van der Waals surface area contributed by atoms with Crippen molar-refractivity contribution in [1.82, 2.24) is 15.5 Å². The number of benzene rings is 2. The highest BCUT2D eigenvalue weighted by molar-refractivity contribution is 7.92. The van der Waals surface area contributed by atoms with Gasteiger partial charge in [-0.25, -0.2) is 8.42 Å². The maximum atomic E-state index is 11.5. The van der Waals surface area contributed by atoms with Gasteiger partial charge in [-0.2, -0.15) is 5.10 Å². The van der Waals surface area contributed by atoms with E-state index in [9.17, 15) is 13.5 Å². The molecule has 0 aliphatic carbocycles. The molecule has 1 aromatic heterocycles. The molecule has 0 saturated heterocycles. The number of aromatic nitrogens is 2. The highest BCUT2D eigenvalue weighted by Gasteiger charge is 2.20. The van der Waals surface area contributed by atoms with Crippen LogP contribution in [-0.2, 0) is 10.0 Å². The van der Waals surface area contributed by atoms with Crippen LogP contribution in [0, 0.1) is 6.92 Å². The third kappa shape index (κ3) is 7.09. The summed E-state index contributed by atoms with van der Waals surface area (Å²) in [5.41, 5.74) is 2.97. The lowest BCUT2D eigenvalue weighted by molar-refractivity contribution is 0.120. The molecule has 0 spiro atoms. The number of ether oxygens (including phenoxy) is 1. The number of sulfonamides is 1. The number of fused-ring (bicyclic) bond motifs is 1. The highest BCUT2D eigenvalue weighted by atomic mass is 35.5. The average molecular weight is 483 g/mol. The van der Waals surface area contributed by atoms with E-state index >= 15 is 0 Å². The van der Waals surface area contributed by atoms with Crippen LogP contribution in [0.4, 0.5) is 5.69 Å². The first-order valence-corrected chi connectivity index (χ1v) is 12.2. The zero-order chi connectivity index (χ0) is 22.4. The third-order valence-corrected chi connectivity index (χ3v) is 5.61. The van der Waals surface area contributed by atoms with Crippen molar-refractivity contribution in [1.29, 1.82) is 0 Å². The summed E-state index contributed by atoms with van der Waals surface area (Å²) in [6, 6.07) is 12.5. The second-order valence-corrected chi connectivity index (χ2v) is 9.42. The first-order chi connectivity index (χ1) is 14.8. The van der Waals surface area contributed by atoms with Crippen LogP contribution >= 0.6 is 12.4 Å². The van der Waals surface area contributed by atoms with Gasteiger partial charge in [0.05, 0.1) is 17.9 Å². The molecule has 2 aromatic carbocycles. The third-order valence-electron chi connectivity index (χ3n) is 5.01. The lowest BCUT2D eigenvalue weighted by Gasteiger charge is -2.25. The molecule has 10 heteroatoms. The number of nitrogens with one attached hydrogen (secondary N) is 3. The molecule has 0 saturated carbocycles. The van der Waals surface area contributed by atoms with Gasteiger partial charge in [-0.1, -0.05) is 25.5 Å². The summed E-state index contributed by atoms with van der Waals surface area (Å²) in [6.07, 6.45) is 1.99. The zero-order valence-corrected chi connectivity index (χ0v) is 20.1. The maximum Gasteiger partial charge on any atom is 0.229 e. The van der Waals surface area contributed by atoms with Crippen molar-refractivity contribution < 1.29 is 18.3 Å². The monoisotopic (exact) mass is 482 g/mol. The predicted molar refractivity (Wildman–Crippen MR) is 130 cm³/mol. The van der Waals surface area contributed by atoms with Crippen molar-refractivity contribution in [2.75, 3.05) is 24.1 Å². The van der Waals surface area contributed by atoms with E-state index in [-0.39, 0.29) is 18.4 Å². The van der Waals surface area contributed by atoms with Crippen molar-refractivity contribution in [2.24, 2.45) is 0 Å². The van der Waals surface area contributed by atoms with Crippen LogP contribution in [0.25, 0.3) is 10.9 Å². The Labute approximate surface area is 195 Å². The number of halogens is 1. The van der Waals surface area contributed by atoms with E-state index in [4.69, 9.17) is 4.74 Å². The molecule has 0 fully saturated rings. The van der Waals surface area contributed by atoms with Gasteiger partial charge in [0.25, 0.3) is 0 Å². The minimum Gasteiger partial charge on any atom is -0.492 e. The van der Waals surface area contributed by atoms with Crippen LogP contribution in [0.5, 0.6) is 5.75 Å². The summed E-state index contributed by atoms with van der Waals surface area (Å²) in [7, 11) is -3.38. The van der Waals surface area contributed by atoms with Gasteiger partial charge < -0.3 is 15.2 Å². The van der Waals surface area contributed by atoms with E-state index in [0.717, 1.165) is 41.4 Å². The number of H-pyrrole nitrogens is 1. The predicted octanol–water partition coefficient (Wildman–Crippen LogP) is 3.54. The molecule has 4 N–H and O–H groups in total. The van der Waals surface area contributed by atoms with Crippen molar-refractivity contribution >= 4 is 39.0 Å². The number of aliphatic hydroxyl groups excluding tert-OH is 1. The Morgan fingerprint density at radius 3 is 2.72 bits per heavy atom. The van der Waals surface area contributed by atoms with E-state index in [1.807, 2.05) is 25.1 Å². The van der Waals surface area contributed by atoms with E-state index in [2.05, 4.69) is 27.2 Å². The van der Waals surface area contributed by atoms with E-state index in [0.29, 0.717) is 24.4 Å². The standard InChI is InChI=1S/C22H30N4O4S.ClH/c1-4-6-20(22(27)16-7-5-8-17(13-16)26-31(3,28)29)23-11-12-30-18-9-10-19-15(2)24-25-21(19)14-18;/h5,7-10,13-14,20,22-23,26-27H,4,6,11-12H2,1-3H3,(H,24,25);1H. The smallest absolute Gasteiger partial charge is 0.229 e. The first kappa shape index (κ1) is 25.9. The molecule has 176 valence electrons. The van der Waals surface area contributed by atoms with E-state index < -0.39 is 16.1 Å². The van der Waals surface area contributed by atoms with Crippen LogP contribution in [-0.4, -0.2) is 49.2 Å². The molecule has 1 heterocycles. The van der Waals surface area contributed by atoms with Crippen molar-refractivity contribution in [3.8, 4) is 5.75 Å². The minimum absolute atomic E-state index is 0. The number of hydrogen-bond donors (Lipinski definition) is 4. The topological polar surface area (TPSA) is 116 Å². The van der Waals surface area contributed by atoms with Gasteiger partial charge in [-0.3, -0.25) is 9.82 Å². The summed E-state index contributed by atoms with van der Waals surface area (Å²) >= 11 is 0. The molecule has 2 unspecified atom stereocenters. The highest BCUT2D eigenvalue weighted by Crippen LogP contribution is 2.24. The second-order valence-electron chi connectivity index (χ2n) is 7.67. The zero-order valence-electron chi connectivity index (χ0n) is 18.5. The Morgan fingerprint density at radius 2 is 2.00 bits per heavy atom. The largest absolute Gasteiger partial charge is 0.492 e. The van der Waals surface area contributed by atoms with Crippen LogP contribution < -0.4 is 14.8 Å². The van der Waals surface area contributed by atoms with Gasteiger partial charge in [0.2, 0.25) is 10.0 Å². The number of aryl methyl sites for hydroxylation is 1. The van der Waals surface area contributed by atoms with Crippen molar-refractivity contribution in [2.45, 2.75) is 38.8 Å². The molecular weight excluding hydrogens is 452 g/mol. The fraction of sp³-hybridized carbons (Fsp3) is 0.409. The lowest BCUT2D eigenvalue weighted by atomic mass is 9.98. The SMILES string of the molecule is CCCC(NCCOc1ccc2c(C)[nH]nc2c1)C(O)c1cccc(NS(C)(=O)=O)c1.Cl. The minimum atomic E-state index is -3.38. The fourth-order valence-electron chi connectivity index (χ4n) is 3.54. The lowest BCUT2D eigenvalue weighted by Crippen LogP contribution is -2.37. The van der Waals surface area contributed by atoms with Crippen LogP contribution in [0.3, 0.4) is 0 Å². The first-order valence-electron chi connectivity index (χ1n) is 10.3. The Hall–Kier alpha value is -2.33. The van der Waals surface area contributed by atoms with Crippen LogP contribution in [0.2, 0.25) is 0 Å². The number of anilines is 1. The van der Waals surface area contributed by atoms with Gasteiger partial charge in [0.15, 0.2) is 0 Å². The molecule has 0 amide bonds. The number of nitrogens with zero attached hydrogens (tertiary/aromatic N) is 1. The number of aliphatic hydroxyl groups is 1. The van der Waals surface area contributed by atoms with Crippen molar-refractivity contribution in [3.63, 3.8) is 0 Å². The molecular formula is C22H31ClN4O4S. The Morgan fingerprint density at radius 1 is 1.22 bits per heavy atom. The van der Waals surface area contributed by atoms with Crippen molar-refractivity contribution in [3.05, 3.63) is 53.7 Å². The molecule has 0 radical (unpaired) electrons. The normalized spacial score (nSPS) is 13.4.